The molecular formula is C24H37N7O4S. The smallest absolute Gasteiger partial charge is 0.240 e. The first-order chi connectivity index (χ1) is 17.3. The number of hydrogen-bond acceptors (Lipinski definition) is 8. The standard InChI is InChI=1S/C24H37N7O4S/c1-17(25)26-8-6-7-18(22(34)23-27-9-14-36-23)28-20(32)16-31-13-12-29(2)19(24(31)35)15-21(33)30-10-4-3-5-11-30/h9,14,18-19H,3-8,10-13,15-16H2,1-2H3,(H2,25,26)(H,28,32)/t18-,19-/m0/s1. The van der Waals surface area contributed by atoms with Gasteiger partial charge in [-0.05, 0) is 46.1 Å². The van der Waals surface area contributed by atoms with Crippen LogP contribution in [0.1, 0.15) is 55.3 Å². The molecule has 0 saturated carbocycles. The number of Topliss-reactive ketones (excluding diaryl/α,β-unsaturated/α-hetero) is 1. The number of amides is 3. The zero-order valence-electron chi connectivity index (χ0n) is 21.1. The zero-order chi connectivity index (χ0) is 26.1. The minimum absolute atomic E-state index is 0.0179. The van der Waals surface area contributed by atoms with Crippen LogP contribution in [0.5, 0.6) is 0 Å². The van der Waals surface area contributed by atoms with Crippen LogP contribution < -0.4 is 11.1 Å². The van der Waals surface area contributed by atoms with Crippen molar-refractivity contribution in [3.63, 3.8) is 0 Å². The van der Waals surface area contributed by atoms with Gasteiger partial charge in [0.2, 0.25) is 23.5 Å². The Labute approximate surface area is 216 Å². The number of carbonyl (C=O) groups is 4. The number of rotatable bonds is 11. The molecule has 3 amide bonds. The van der Waals surface area contributed by atoms with Crippen molar-refractivity contribution in [3.8, 4) is 0 Å². The van der Waals surface area contributed by atoms with Crippen LogP contribution in [-0.2, 0) is 14.4 Å². The lowest BCUT2D eigenvalue weighted by Gasteiger charge is -2.39. The number of nitrogens with zero attached hydrogens (tertiary/aromatic N) is 5. The molecule has 198 valence electrons. The van der Waals surface area contributed by atoms with Gasteiger partial charge in [0.15, 0.2) is 5.01 Å². The van der Waals surface area contributed by atoms with E-state index in [1.807, 2.05) is 16.8 Å². The molecule has 0 spiro atoms. The zero-order valence-corrected chi connectivity index (χ0v) is 22.0. The van der Waals surface area contributed by atoms with Crippen LogP contribution in [0, 0.1) is 0 Å². The van der Waals surface area contributed by atoms with Crippen LogP contribution in [0.25, 0.3) is 0 Å². The van der Waals surface area contributed by atoms with Gasteiger partial charge < -0.3 is 20.9 Å². The molecule has 1 aromatic rings. The van der Waals surface area contributed by atoms with Crippen LogP contribution >= 0.6 is 11.3 Å². The van der Waals surface area contributed by atoms with E-state index < -0.39 is 18.0 Å². The Balaban J connectivity index is 1.59. The molecule has 36 heavy (non-hydrogen) atoms. The monoisotopic (exact) mass is 519 g/mol. The third-order valence-corrected chi connectivity index (χ3v) is 7.36. The summed E-state index contributed by atoms with van der Waals surface area (Å²) in [4.78, 5) is 65.3. The molecule has 0 unspecified atom stereocenters. The summed E-state index contributed by atoms with van der Waals surface area (Å²) in [6.07, 6.45) is 5.71. The fraction of sp³-hybridized carbons (Fsp3) is 0.667. The van der Waals surface area contributed by atoms with Gasteiger partial charge in [-0.15, -0.1) is 11.3 Å². The van der Waals surface area contributed by atoms with E-state index in [9.17, 15) is 19.2 Å². The van der Waals surface area contributed by atoms with E-state index in [-0.39, 0.29) is 30.6 Å². The van der Waals surface area contributed by atoms with E-state index in [0.717, 1.165) is 32.4 Å². The summed E-state index contributed by atoms with van der Waals surface area (Å²) < 4.78 is 0. The topological polar surface area (TPSA) is 141 Å². The average Bonchev–Trinajstić information content (AvgIpc) is 3.40. The molecule has 2 fully saturated rings. The molecule has 1 aromatic heterocycles. The molecular weight excluding hydrogens is 482 g/mol. The van der Waals surface area contributed by atoms with Gasteiger partial charge in [-0.2, -0.15) is 0 Å². The SMILES string of the molecule is CC(N)=NCCC[C@H](NC(=O)CN1CCN(C)[C@@H](CC(=O)N2CCCCC2)C1=O)C(=O)c1nccs1. The number of hydrogen-bond donors (Lipinski definition) is 2. The molecule has 2 atom stereocenters. The highest BCUT2D eigenvalue weighted by atomic mass is 32.1. The van der Waals surface area contributed by atoms with Crippen LogP contribution in [0.3, 0.4) is 0 Å². The number of amidine groups is 1. The van der Waals surface area contributed by atoms with E-state index >= 15 is 0 Å². The molecule has 12 heteroatoms. The maximum atomic E-state index is 13.2. The van der Waals surface area contributed by atoms with E-state index in [2.05, 4.69) is 15.3 Å². The van der Waals surface area contributed by atoms with Gasteiger partial charge in [-0.1, -0.05) is 0 Å². The maximum Gasteiger partial charge on any atom is 0.240 e. The number of piperidine rings is 1. The Morgan fingerprint density at radius 2 is 1.97 bits per heavy atom. The quantitative estimate of drug-likeness (QED) is 0.188. The number of piperazine rings is 1. The molecule has 3 heterocycles. The summed E-state index contributed by atoms with van der Waals surface area (Å²) in [5, 5.41) is 4.83. The Hall–Kier alpha value is -2.86. The van der Waals surface area contributed by atoms with Crippen molar-refractivity contribution in [1.29, 1.82) is 0 Å². The number of likely N-dealkylation sites (tertiary alicyclic amines) is 1. The van der Waals surface area contributed by atoms with Crippen molar-refractivity contribution in [2.75, 3.05) is 46.3 Å². The van der Waals surface area contributed by atoms with Crippen LogP contribution in [-0.4, -0.2) is 107 Å². The first-order valence-corrected chi connectivity index (χ1v) is 13.4. The highest BCUT2D eigenvalue weighted by Crippen LogP contribution is 2.17. The van der Waals surface area contributed by atoms with Gasteiger partial charge in [0.1, 0.15) is 0 Å². The van der Waals surface area contributed by atoms with Gasteiger partial charge in [0.05, 0.1) is 30.9 Å². The number of nitrogens with two attached hydrogens (primary N) is 1. The number of thiazole rings is 1. The maximum absolute atomic E-state index is 13.2. The normalized spacial score (nSPS) is 20.3. The molecule has 2 aliphatic rings. The molecule has 0 aliphatic carbocycles. The average molecular weight is 520 g/mol. The Morgan fingerprint density at radius 3 is 2.64 bits per heavy atom. The van der Waals surface area contributed by atoms with Crippen molar-refractivity contribution in [3.05, 3.63) is 16.6 Å². The summed E-state index contributed by atoms with van der Waals surface area (Å²) in [5.74, 6) is -0.469. The molecule has 2 saturated heterocycles. The Bertz CT molecular complexity index is 942. The predicted octanol–water partition coefficient (Wildman–Crippen LogP) is 0.513. The van der Waals surface area contributed by atoms with E-state index in [1.165, 1.54) is 16.2 Å². The molecule has 3 rings (SSSR count). The van der Waals surface area contributed by atoms with Crippen LogP contribution in [0.2, 0.25) is 0 Å². The van der Waals surface area contributed by atoms with Crippen molar-refractivity contribution in [1.82, 2.24) is 25.0 Å². The van der Waals surface area contributed by atoms with Gasteiger partial charge in [-0.3, -0.25) is 29.1 Å². The first kappa shape index (κ1) is 27.7. The summed E-state index contributed by atoms with van der Waals surface area (Å²) in [7, 11) is 1.83. The first-order valence-electron chi connectivity index (χ1n) is 12.5. The van der Waals surface area contributed by atoms with Crippen molar-refractivity contribution >= 4 is 40.7 Å². The van der Waals surface area contributed by atoms with Gasteiger partial charge in [0, 0.05) is 44.3 Å². The largest absolute Gasteiger partial charge is 0.388 e. The number of aliphatic imine (C=N–C) groups is 1. The lowest BCUT2D eigenvalue weighted by molar-refractivity contribution is -0.148. The summed E-state index contributed by atoms with van der Waals surface area (Å²) >= 11 is 1.22. The molecule has 0 radical (unpaired) electrons. The lowest BCUT2D eigenvalue weighted by Crippen LogP contribution is -2.59. The van der Waals surface area contributed by atoms with Crippen LogP contribution in [0.4, 0.5) is 0 Å². The lowest BCUT2D eigenvalue weighted by atomic mass is 10.0. The molecule has 11 nitrogen and oxygen atoms in total. The number of likely N-dealkylation sites (N-methyl/N-ethyl adjacent to an activating group) is 1. The number of carbonyl (C=O) groups excluding carboxylic acids is 4. The Morgan fingerprint density at radius 1 is 1.22 bits per heavy atom. The van der Waals surface area contributed by atoms with Gasteiger partial charge >= 0.3 is 0 Å². The second kappa shape index (κ2) is 13.4. The van der Waals surface area contributed by atoms with E-state index in [4.69, 9.17) is 5.73 Å². The van der Waals surface area contributed by atoms with Crippen molar-refractivity contribution in [2.45, 2.75) is 57.5 Å². The van der Waals surface area contributed by atoms with E-state index in [1.54, 1.807) is 18.5 Å². The summed E-state index contributed by atoms with van der Waals surface area (Å²) in [5.41, 5.74) is 5.58. The Kier molecular flexibility index (Phi) is 10.4. The number of aromatic nitrogens is 1. The summed E-state index contributed by atoms with van der Waals surface area (Å²) in [6.45, 7) is 4.40. The number of ketones is 1. The molecule has 3 N–H and O–H groups in total. The van der Waals surface area contributed by atoms with Gasteiger partial charge in [-0.25, -0.2) is 4.98 Å². The second-order valence-corrected chi connectivity index (χ2v) is 10.3. The molecule has 0 aromatic carbocycles. The fourth-order valence-electron chi connectivity index (χ4n) is 4.51. The molecule has 2 aliphatic heterocycles. The van der Waals surface area contributed by atoms with Crippen LogP contribution in [0.15, 0.2) is 16.6 Å². The number of nitrogens with one attached hydrogen (secondary N) is 1. The molecule has 0 bridgehead atoms. The van der Waals surface area contributed by atoms with E-state index in [0.29, 0.717) is 43.3 Å². The minimum Gasteiger partial charge on any atom is -0.388 e. The van der Waals surface area contributed by atoms with Crippen molar-refractivity contribution < 1.29 is 19.2 Å². The highest BCUT2D eigenvalue weighted by molar-refractivity contribution is 7.11. The van der Waals surface area contributed by atoms with Crippen molar-refractivity contribution in [2.24, 2.45) is 10.7 Å². The third kappa shape index (κ3) is 7.82. The third-order valence-electron chi connectivity index (χ3n) is 6.57. The second-order valence-electron chi connectivity index (χ2n) is 9.39. The highest BCUT2D eigenvalue weighted by Gasteiger charge is 2.36. The van der Waals surface area contributed by atoms with Gasteiger partial charge in [0.25, 0.3) is 0 Å². The minimum atomic E-state index is -0.768. The predicted molar refractivity (Wildman–Crippen MR) is 138 cm³/mol. The summed E-state index contributed by atoms with van der Waals surface area (Å²) in [6, 6.07) is -1.36. The fourth-order valence-corrected chi connectivity index (χ4v) is 5.14.